The molecule has 7 heavy (non-hydrogen) atoms. The normalized spacial score (nSPS) is 6.29. The second-order valence-corrected chi connectivity index (χ2v) is 0.752. The Morgan fingerprint density at radius 3 is 1.57 bits per heavy atom. The number of hydrogen-bond acceptors (Lipinski definition) is 2. The summed E-state index contributed by atoms with van der Waals surface area (Å²) in [6.45, 7) is 2.71. The van der Waals surface area contributed by atoms with Gasteiger partial charge < -0.3 is 10.2 Å². The molecular weight excluding hydrogens is 91.0 g/mol. The quantitative estimate of drug-likeness (QED) is 0.262. The van der Waals surface area contributed by atoms with Crippen molar-refractivity contribution in [3.8, 4) is 0 Å². The Bertz CT molecular complexity index is 76.2. The molecule has 0 amide bonds. The number of rotatable bonds is 1. The van der Waals surface area contributed by atoms with Gasteiger partial charge in [-0.15, -0.1) is 0 Å². The van der Waals surface area contributed by atoms with Crippen LogP contribution in [0.5, 0.6) is 0 Å². The summed E-state index contributed by atoms with van der Waals surface area (Å²) in [6.07, 6.45) is 0. The minimum atomic E-state index is -1.38. The predicted octanol–water partition coefficient (Wildman–Crippen LogP) is -0.506. The van der Waals surface area contributed by atoms with Crippen molar-refractivity contribution in [3.63, 3.8) is 0 Å². The maximum atomic E-state index is 9.35. The number of carbonyl (C=O) groups is 1. The van der Waals surface area contributed by atoms with Crippen molar-refractivity contribution in [2.24, 2.45) is 0 Å². The molecule has 0 aliphatic carbocycles. The van der Waals surface area contributed by atoms with Crippen LogP contribution in [0, 0.1) is 0 Å². The number of hydrogen-bond donors (Lipinski definition) is 2. The molecule has 0 saturated carbocycles. The van der Waals surface area contributed by atoms with E-state index in [1.165, 1.54) is 0 Å². The van der Waals surface area contributed by atoms with Crippen molar-refractivity contribution in [1.29, 1.82) is 0 Å². The van der Waals surface area contributed by atoms with Gasteiger partial charge in [-0.2, -0.15) is 0 Å². The second kappa shape index (κ2) is 3.79. The van der Waals surface area contributed by atoms with Gasteiger partial charge in [0.1, 0.15) is 0 Å². The molecule has 0 radical (unpaired) electrons. The van der Waals surface area contributed by atoms with E-state index in [0.717, 1.165) is 0 Å². The summed E-state index contributed by atoms with van der Waals surface area (Å²) >= 11 is 0. The SMILES string of the molecule is C=C(O)C(=O)O.[LiH]. The monoisotopic (exact) mass is 96.0 g/mol. The summed E-state index contributed by atoms with van der Waals surface area (Å²) in [5.41, 5.74) is 0. The van der Waals surface area contributed by atoms with Crippen LogP contribution in [0.15, 0.2) is 12.3 Å². The zero-order valence-electron chi connectivity index (χ0n) is 3.01. The fraction of sp³-hybridized carbons (Fsp3) is 0. The molecule has 36 valence electrons. The van der Waals surface area contributed by atoms with Crippen molar-refractivity contribution in [1.82, 2.24) is 0 Å². The first-order valence-corrected chi connectivity index (χ1v) is 1.25. The van der Waals surface area contributed by atoms with Crippen LogP contribution in [0.2, 0.25) is 0 Å². The van der Waals surface area contributed by atoms with Crippen LogP contribution in [0.4, 0.5) is 0 Å². The van der Waals surface area contributed by atoms with Crippen molar-refractivity contribution < 1.29 is 15.0 Å². The minimum absolute atomic E-state index is 0. The third kappa shape index (κ3) is 5.61. The topological polar surface area (TPSA) is 57.5 Å². The van der Waals surface area contributed by atoms with Gasteiger partial charge in [0.2, 0.25) is 0 Å². The van der Waals surface area contributed by atoms with Crippen LogP contribution in [0.3, 0.4) is 0 Å². The van der Waals surface area contributed by atoms with Crippen LogP contribution >= 0.6 is 0 Å². The third-order valence-corrected chi connectivity index (χ3v) is 0.247. The Labute approximate surface area is 52.8 Å². The molecule has 0 heterocycles. The van der Waals surface area contributed by atoms with Crippen LogP contribution < -0.4 is 0 Å². The Morgan fingerprint density at radius 1 is 1.43 bits per heavy atom. The van der Waals surface area contributed by atoms with Crippen LogP contribution in [0.1, 0.15) is 0 Å². The predicted molar refractivity (Wildman–Crippen MR) is 26.6 cm³/mol. The Kier molecular flexibility index (Phi) is 5.29. The van der Waals surface area contributed by atoms with E-state index in [9.17, 15) is 4.79 Å². The summed E-state index contributed by atoms with van der Waals surface area (Å²) in [5, 5.41) is 15.5. The van der Waals surface area contributed by atoms with E-state index < -0.39 is 11.7 Å². The van der Waals surface area contributed by atoms with Gasteiger partial charge in [-0.3, -0.25) is 0 Å². The molecule has 0 rings (SSSR count). The van der Waals surface area contributed by atoms with Crippen molar-refractivity contribution in [2.75, 3.05) is 0 Å². The number of aliphatic carboxylic acids is 1. The zero-order valence-corrected chi connectivity index (χ0v) is 3.01. The molecule has 0 aliphatic rings. The molecule has 0 fully saturated rings. The van der Waals surface area contributed by atoms with Gasteiger partial charge in [-0.1, -0.05) is 0 Å². The van der Waals surface area contributed by atoms with E-state index in [1.54, 1.807) is 0 Å². The summed E-state index contributed by atoms with van der Waals surface area (Å²) in [7, 11) is 0. The molecule has 0 aromatic heterocycles. The van der Waals surface area contributed by atoms with Crippen LogP contribution in [-0.4, -0.2) is 35.0 Å². The molecule has 0 unspecified atom stereocenters. The van der Waals surface area contributed by atoms with Crippen molar-refractivity contribution >= 4 is 24.8 Å². The van der Waals surface area contributed by atoms with E-state index in [0.29, 0.717) is 0 Å². The zero-order chi connectivity index (χ0) is 5.15. The molecule has 0 aromatic carbocycles. The first-order valence-electron chi connectivity index (χ1n) is 1.25. The van der Waals surface area contributed by atoms with Crippen LogP contribution in [-0.2, 0) is 4.79 Å². The van der Waals surface area contributed by atoms with Crippen molar-refractivity contribution in [2.45, 2.75) is 0 Å². The van der Waals surface area contributed by atoms with Gasteiger partial charge >= 0.3 is 24.8 Å². The van der Waals surface area contributed by atoms with Gasteiger partial charge in [0.05, 0.1) is 0 Å². The molecule has 2 N–H and O–H groups in total. The summed E-state index contributed by atoms with van der Waals surface area (Å²) in [5.74, 6) is -2.20. The van der Waals surface area contributed by atoms with Gasteiger partial charge in [-0.25, -0.2) is 4.79 Å². The third-order valence-electron chi connectivity index (χ3n) is 0.247. The molecule has 0 bridgehead atoms. The molecule has 0 aliphatic heterocycles. The Balaban J connectivity index is 0. The van der Waals surface area contributed by atoms with E-state index in [2.05, 4.69) is 6.58 Å². The van der Waals surface area contributed by atoms with Crippen LogP contribution in [0.25, 0.3) is 0 Å². The van der Waals surface area contributed by atoms with E-state index in [4.69, 9.17) is 10.2 Å². The van der Waals surface area contributed by atoms with Gasteiger partial charge in [-0.05, 0) is 6.58 Å². The van der Waals surface area contributed by atoms with Crippen molar-refractivity contribution in [3.05, 3.63) is 12.3 Å². The maximum absolute atomic E-state index is 9.35. The number of aliphatic hydroxyl groups excluding tert-OH is 1. The first-order chi connectivity index (χ1) is 2.64. The fourth-order valence-electron chi connectivity index (χ4n) is 0. The Hall–Kier alpha value is -0.393. The molecule has 0 saturated heterocycles. The standard InChI is InChI=1S/C3H4O3.Li.H/c1-2(4)3(5)6;;/h4H,1H2,(H,5,6);;. The van der Waals surface area contributed by atoms with E-state index in [1.807, 2.05) is 0 Å². The number of aliphatic hydroxyl groups is 1. The summed E-state index contributed by atoms with van der Waals surface area (Å²) in [4.78, 5) is 9.35. The molecular formula is C3H5LiO3. The number of carboxylic acids is 1. The molecule has 0 aromatic rings. The second-order valence-electron chi connectivity index (χ2n) is 0.752. The number of carboxylic acid groups (broad SMARTS) is 1. The van der Waals surface area contributed by atoms with E-state index >= 15 is 0 Å². The summed E-state index contributed by atoms with van der Waals surface area (Å²) < 4.78 is 0. The molecule has 0 spiro atoms. The molecule has 0 atom stereocenters. The first kappa shape index (κ1) is 9.79. The molecule has 4 heteroatoms. The van der Waals surface area contributed by atoms with Gasteiger partial charge in [0, 0.05) is 0 Å². The Morgan fingerprint density at radius 2 is 1.57 bits per heavy atom. The molecule has 3 nitrogen and oxygen atoms in total. The average Bonchev–Trinajstić information content (AvgIpc) is 1.36. The fourth-order valence-corrected chi connectivity index (χ4v) is 0. The average molecular weight is 96.0 g/mol. The van der Waals surface area contributed by atoms with Gasteiger partial charge in [0.25, 0.3) is 0 Å². The van der Waals surface area contributed by atoms with Gasteiger partial charge in [0.15, 0.2) is 5.76 Å². The summed E-state index contributed by atoms with van der Waals surface area (Å²) in [6, 6.07) is 0. The van der Waals surface area contributed by atoms with E-state index in [-0.39, 0.29) is 18.9 Å².